The van der Waals surface area contributed by atoms with Gasteiger partial charge in [0.1, 0.15) is 5.75 Å². The van der Waals surface area contributed by atoms with Crippen molar-refractivity contribution in [1.82, 2.24) is 5.32 Å². The van der Waals surface area contributed by atoms with Gasteiger partial charge in [-0.3, -0.25) is 4.79 Å². The van der Waals surface area contributed by atoms with Crippen LogP contribution in [-0.2, 0) is 11.3 Å². The molecular formula is C11H14Cl2F2N2O2. The molecular weight excluding hydrogens is 301 g/mol. The van der Waals surface area contributed by atoms with E-state index in [9.17, 15) is 13.6 Å². The summed E-state index contributed by atoms with van der Waals surface area (Å²) >= 11 is 5.75. The predicted octanol–water partition coefficient (Wildman–Crippen LogP) is 2.33. The van der Waals surface area contributed by atoms with Crippen molar-refractivity contribution in [2.75, 3.05) is 0 Å². The lowest BCUT2D eigenvalue weighted by molar-refractivity contribution is -0.122. The van der Waals surface area contributed by atoms with E-state index in [2.05, 4.69) is 10.1 Å². The van der Waals surface area contributed by atoms with Crippen LogP contribution in [-0.4, -0.2) is 18.6 Å². The van der Waals surface area contributed by atoms with Crippen LogP contribution in [0.5, 0.6) is 5.75 Å². The van der Waals surface area contributed by atoms with E-state index < -0.39 is 18.6 Å². The molecule has 4 nitrogen and oxygen atoms in total. The fourth-order valence-electron chi connectivity index (χ4n) is 1.24. The molecule has 0 fully saturated rings. The molecule has 19 heavy (non-hydrogen) atoms. The summed E-state index contributed by atoms with van der Waals surface area (Å²) in [6, 6.07) is 3.52. The number of nitrogens with one attached hydrogen (secondary N) is 1. The van der Waals surface area contributed by atoms with Gasteiger partial charge in [-0.15, -0.1) is 12.4 Å². The Morgan fingerprint density at radius 2 is 2.16 bits per heavy atom. The van der Waals surface area contributed by atoms with Crippen molar-refractivity contribution in [3.8, 4) is 5.75 Å². The Bertz CT molecular complexity index is 431. The van der Waals surface area contributed by atoms with Crippen molar-refractivity contribution >= 4 is 29.9 Å². The smallest absolute Gasteiger partial charge is 0.387 e. The van der Waals surface area contributed by atoms with Crippen LogP contribution < -0.4 is 15.8 Å². The third kappa shape index (κ3) is 6.04. The zero-order chi connectivity index (χ0) is 13.7. The molecule has 1 rings (SSSR count). The summed E-state index contributed by atoms with van der Waals surface area (Å²) in [4.78, 5) is 11.3. The largest absolute Gasteiger partial charge is 0.434 e. The summed E-state index contributed by atoms with van der Waals surface area (Å²) in [5, 5.41) is 2.85. The Morgan fingerprint density at radius 1 is 1.53 bits per heavy atom. The lowest BCUT2D eigenvalue weighted by Gasteiger charge is -2.13. The number of alkyl halides is 2. The average molecular weight is 315 g/mol. The first kappa shape index (κ1) is 17.9. The van der Waals surface area contributed by atoms with Gasteiger partial charge in [0.25, 0.3) is 0 Å². The lowest BCUT2D eigenvalue weighted by Crippen LogP contribution is -2.37. The first-order valence-electron chi connectivity index (χ1n) is 5.16. The van der Waals surface area contributed by atoms with Gasteiger partial charge in [0.05, 0.1) is 6.04 Å². The Morgan fingerprint density at radius 3 is 2.68 bits per heavy atom. The van der Waals surface area contributed by atoms with Gasteiger partial charge < -0.3 is 15.8 Å². The highest BCUT2D eigenvalue weighted by Crippen LogP contribution is 2.24. The number of hydrogen-bond acceptors (Lipinski definition) is 3. The summed E-state index contributed by atoms with van der Waals surface area (Å²) in [5.74, 6) is -0.419. The second kappa shape index (κ2) is 8.14. The molecule has 1 atom stereocenters. The second-order valence-corrected chi connectivity index (χ2v) is 4.07. The molecule has 0 unspecified atom stereocenters. The molecule has 0 heterocycles. The maximum Gasteiger partial charge on any atom is 0.387 e. The molecule has 1 amide bonds. The minimum atomic E-state index is -2.94. The van der Waals surface area contributed by atoms with Gasteiger partial charge >= 0.3 is 6.61 Å². The number of rotatable bonds is 5. The van der Waals surface area contributed by atoms with Crippen molar-refractivity contribution < 1.29 is 18.3 Å². The fourth-order valence-corrected chi connectivity index (χ4v) is 1.44. The Balaban J connectivity index is 0.00000324. The summed E-state index contributed by atoms with van der Waals surface area (Å²) in [6.45, 7) is -1.40. The van der Waals surface area contributed by atoms with Gasteiger partial charge in [0, 0.05) is 17.1 Å². The third-order valence-corrected chi connectivity index (χ3v) is 2.34. The number of benzene rings is 1. The van der Waals surface area contributed by atoms with Crippen molar-refractivity contribution in [1.29, 1.82) is 0 Å². The molecule has 0 radical (unpaired) electrons. The van der Waals surface area contributed by atoms with Gasteiger partial charge in [-0.2, -0.15) is 8.78 Å². The van der Waals surface area contributed by atoms with Crippen LogP contribution >= 0.6 is 24.0 Å². The van der Waals surface area contributed by atoms with Crippen LogP contribution in [0.3, 0.4) is 0 Å². The highest BCUT2D eigenvalue weighted by molar-refractivity contribution is 6.30. The maximum absolute atomic E-state index is 12.2. The normalized spacial score (nSPS) is 11.7. The molecule has 1 aromatic rings. The lowest BCUT2D eigenvalue weighted by atomic mass is 10.2. The quantitative estimate of drug-likeness (QED) is 0.876. The summed E-state index contributed by atoms with van der Waals surface area (Å²) < 4.78 is 28.6. The van der Waals surface area contributed by atoms with E-state index in [1.165, 1.54) is 25.1 Å². The van der Waals surface area contributed by atoms with Crippen LogP contribution in [0.1, 0.15) is 12.5 Å². The minimum Gasteiger partial charge on any atom is -0.434 e. The molecule has 108 valence electrons. The van der Waals surface area contributed by atoms with E-state index in [-0.39, 0.29) is 24.7 Å². The number of hydrogen-bond donors (Lipinski definition) is 2. The van der Waals surface area contributed by atoms with E-state index in [1.807, 2.05) is 0 Å². The standard InChI is InChI=1S/C11H13ClF2N2O2.ClH/c1-6(15)10(17)16-5-7-4-8(12)2-3-9(7)18-11(13)14;/h2-4,6,11H,5,15H2,1H3,(H,16,17);1H/t6-;/m1./s1. The van der Waals surface area contributed by atoms with Crippen molar-refractivity contribution in [3.63, 3.8) is 0 Å². The van der Waals surface area contributed by atoms with Crippen molar-refractivity contribution in [3.05, 3.63) is 28.8 Å². The molecule has 8 heteroatoms. The molecule has 0 aliphatic rings. The van der Waals surface area contributed by atoms with E-state index in [0.29, 0.717) is 10.6 Å². The van der Waals surface area contributed by atoms with E-state index in [0.717, 1.165) is 0 Å². The number of nitrogens with two attached hydrogens (primary N) is 1. The second-order valence-electron chi connectivity index (χ2n) is 3.64. The number of halogens is 4. The van der Waals surface area contributed by atoms with Gasteiger partial charge in [-0.1, -0.05) is 11.6 Å². The molecule has 0 bridgehead atoms. The fraction of sp³-hybridized carbons (Fsp3) is 0.364. The molecule has 0 aliphatic heterocycles. The van der Waals surface area contributed by atoms with Crippen LogP contribution in [0, 0.1) is 0 Å². The van der Waals surface area contributed by atoms with Crippen LogP contribution in [0.4, 0.5) is 8.78 Å². The van der Waals surface area contributed by atoms with Gasteiger partial charge in [-0.05, 0) is 25.1 Å². The van der Waals surface area contributed by atoms with Gasteiger partial charge in [-0.25, -0.2) is 0 Å². The van der Waals surface area contributed by atoms with Gasteiger partial charge in [0.15, 0.2) is 0 Å². The zero-order valence-electron chi connectivity index (χ0n) is 10.0. The maximum atomic E-state index is 12.2. The van der Waals surface area contributed by atoms with E-state index in [4.69, 9.17) is 17.3 Å². The average Bonchev–Trinajstić information content (AvgIpc) is 2.28. The first-order valence-corrected chi connectivity index (χ1v) is 5.54. The minimum absolute atomic E-state index is 0. The molecule has 0 aromatic heterocycles. The highest BCUT2D eigenvalue weighted by atomic mass is 35.5. The van der Waals surface area contributed by atoms with Gasteiger partial charge in [0.2, 0.25) is 5.91 Å². The summed E-state index contributed by atoms with van der Waals surface area (Å²) in [7, 11) is 0. The number of ether oxygens (including phenoxy) is 1. The molecule has 0 spiro atoms. The number of amides is 1. The van der Waals surface area contributed by atoms with Crippen molar-refractivity contribution in [2.45, 2.75) is 26.1 Å². The SMILES string of the molecule is C[C@@H](N)C(=O)NCc1cc(Cl)ccc1OC(F)F.Cl. The number of carbonyl (C=O) groups excluding carboxylic acids is 1. The number of carbonyl (C=O) groups is 1. The Labute approximate surface area is 120 Å². The van der Waals surface area contributed by atoms with Crippen LogP contribution in [0.2, 0.25) is 5.02 Å². The Hall–Kier alpha value is -1.11. The molecule has 1 aromatic carbocycles. The predicted molar refractivity (Wildman–Crippen MR) is 70.8 cm³/mol. The molecule has 0 saturated carbocycles. The Kier molecular flexibility index (Phi) is 7.66. The topological polar surface area (TPSA) is 64.4 Å². The first-order chi connectivity index (χ1) is 8.40. The van der Waals surface area contributed by atoms with E-state index in [1.54, 1.807) is 0 Å². The summed E-state index contributed by atoms with van der Waals surface area (Å²) in [6.07, 6.45) is 0. The summed E-state index contributed by atoms with van der Waals surface area (Å²) in [5.41, 5.74) is 5.72. The van der Waals surface area contributed by atoms with E-state index >= 15 is 0 Å². The highest BCUT2D eigenvalue weighted by Gasteiger charge is 2.12. The molecule has 0 aliphatic carbocycles. The molecule has 3 N–H and O–H groups in total. The monoisotopic (exact) mass is 314 g/mol. The molecule has 0 saturated heterocycles. The van der Waals surface area contributed by atoms with Crippen LogP contribution in [0.25, 0.3) is 0 Å². The zero-order valence-corrected chi connectivity index (χ0v) is 11.6. The third-order valence-electron chi connectivity index (χ3n) is 2.11. The van der Waals surface area contributed by atoms with Crippen molar-refractivity contribution in [2.24, 2.45) is 5.73 Å². The van der Waals surface area contributed by atoms with Crippen LogP contribution in [0.15, 0.2) is 18.2 Å².